The number of nitrogens with one attached hydrogen (secondary N) is 2. The van der Waals surface area contributed by atoms with E-state index in [2.05, 4.69) is 20.8 Å². The number of methoxy groups -OCH3 is 2. The van der Waals surface area contributed by atoms with E-state index < -0.39 is 0 Å². The van der Waals surface area contributed by atoms with E-state index in [0.717, 1.165) is 0 Å². The van der Waals surface area contributed by atoms with E-state index in [1.807, 2.05) is 14.0 Å². The number of nitrogens with zero attached hydrogens (tertiary/aromatic N) is 2. The first-order valence-corrected chi connectivity index (χ1v) is 8.54. The number of amides is 1. The number of rotatable bonds is 9. The molecule has 0 bridgehead atoms. The van der Waals surface area contributed by atoms with Crippen LogP contribution in [-0.2, 0) is 11.2 Å². The molecule has 2 aromatic rings. The zero-order valence-electron chi connectivity index (χ0n) is 15.7. The Bertz CT molecular complexity index is 755. The standard InChI is InChI=1S/C17H23ClN4O4.ClH/c1-10(19-2)9-20-14(23)5-6-15-21-17(22-26-15)11-7-12(18)16(25-4)13(8-11)24-3;/h7-8,10,19H,5-6,9H2,1-4H3,(H,20,23);1H. The molecule has 150 valence electrons. The van der Waals surface area contributed by atoms with E-state index in [1.165, 1.54) is 14.2 Å². The van der Waals surface area contributed by atoms with E-state index in [1.54, 1.807) is 12.1 Å². The Morgan fingerprint density at radius 3 is 2.70 bits per heavy atom. The number of hydrogen-bond acceptors (Lipinski definition) is 7. The van der Waals surface area contributed by atoms with Crippen molar-refractivity contribution in [3.05, 3.63) is 23.0 Å². The normalized spacial score (nSPS) is 11.4. The fraction of sp³-hybridized carbons (Fsp3) is 0.471. The maximum Gasteiger partial charge on any atom is 0.227 e. The summed E-state index contributed by atoms with van der Waals surface area (Å²) < 4.78 is 15.7. The van der Waals surface area contributed by atoms with Crippen LogP contribution in [0.3, 0.4) is 0 Å². The van der Waals surface area contributed by atoms with Gasteiger partial charge in [0, 0.05) is 31.0 Å². The van der Waals surface area contributed by atoms with Crippen LogP contribution < -0.4 is 20.1 Å². The van der Waals surface area contributed by atoms with Crippen molar-refractivity contribution >= 4 is 29.9 Å². The summed E-state index contributed by atoms with van der Waals surface area (Å²) in [6, 6.07) is 3.60. The van der Waals surface area contributed by atoms with Crippen molar-refractivity contribution in [3.8, 4) is 22.9 Å². The fourth-order valence-electron chi connectivity index (χ4n) is 2.20. The van der Waals surface area contributed by atoms with Crippen LogP contribution in [0.5, 0.6) is 11.5 Å². The summed E-state index contributed by atoms with van der Waals surface area (Å²) in [6.45, 7) is 2.55. The molecule has 1 aromatic carbocycles. The second kappa shape index (κ2) is 11.0. The Morgan fingerprint density at radius 1 is 1.33 bits per heavy atom. The van der Waals surface area contributed by atoms with Crippen LogP contribution in [0.15, 0.2) is 16.7 Å². The number of carbonyl (C=O) groups excluding carboxylic acids is 1. The average molecular weight is 419 g/mol. The summed E-state index contributed by atoms with van der Waals surface area (Å²) in [6.07, 6.45) is 0.624. The van der Waals surface area contributed by atoms with Gasteiger partial charge in [-0.15, -0.1) is 12.4 Å². The van der Waals surface area contributed by atoms with E-state index >= 15 is 0 Å². The van der Waals surface area contributed by atoms with Gasteiger partial charge in [-0.3, -0.25) is 4.79 Å². The maximum absolute atomic E-state index is 11.8. The predicted molar refractivity (Wildman–Crippen MR) is 105 cm³/mol. The SMILES string of the molecule is CNC(C)CNC(=O)CCc1nc(-c2cc(Cl)c(OC)c(OC)c2)no1.Cl. The zero-order valence-corrected chi connectivity index (χ0v) is 17.2. The molecule has 8 nitrogen and oxygen atoms in total. The second-order valence-corrected chi connectivity index (χ2v) is 6.11. The summed E-state index contributed by atoms with van der Waals surface area (Å²) in [7, 11) is 4.88. The third kappa shape index (κ3) is 6.27. The van der Waals surface area contributed by atoms with Crippen LogP contribution in [0.2, 0.25) is 5.02 Å². The zero-order chi connectivity index (χ0) is 19.1. The lowest BCUT2D eigenvalue weighted by atomic mass is 10.2. The van der Waals surface area contributed by atoms with Gasteiger partial charge >= 0.3 is 0 Å². The number of aryl methyl sites for hydroxylation is 1. The van der Waals surface area contributed by atoms with Gasteiger partial charge in [0.2, 0.25) is 17.6 Å². The Morgan fingerprint density at radius 2 is 2.07 bits per heavy atom. The molecule has 0 saturated heterocycles. The van der Waals surface area contributed by atoms with Crippen LogP contribution in [0, 0.1) is 0 Å². The third-order valence-corrected chi connectivity index (χ3v) is 4.10. The second-order valence-electron chi connectivity index (χ2n) is 5.70. The molecule has 0 saturated carbocycles. The van der Waals surface area contributed by atoms with Crippen molar-refractivity contribution in [1.82, 2.24) is 20.8 Å². The van der Waals surface area contributed by atoms with E-state index in [-0.39, 0.29) is 30.8 Å². The molecular weight excluding hydrogens is 395 g/mol. The third-order valence-electron chi connectivity index (χ3n) is 3.82. The number of benzene rings is 1. The number of likely N-dealkylation sites (N-methyl/N-ethyl adjacent to an activating group) is 1. The number of carbonyl (C=O) groups is 1. The molecule has 10 heteroatoms. The molecule has 0 aliphatic carbocycles. The largest absolute Gasteiger partial charge is 0.493 e. The Labute approximate surface area is 169 Å². The topological polar surface area (TPSA) is 98.5 Å². The van der Waals surface area contributed by atoms with E-state index in [0.29, 0.717) is 46.8 Å². The molecule has 1 atom stereocenters. The molecule has 1 amide bonds. The quantitative estimate of drug-likeness (QED) is 0.644. The maximum atomic E-state index is 11.8. The number of halogens is 2. The molecule has 0 aliphatic rings. The number of ether oxygens (including phenoxy) is 2. The lowest BCUT2D eigenvalue weighted by molar-refractivity contribution is -0.121. The number of aromatic nitrogens is 2. The van der Waals surface area contributed by atoms with Crippen LogP contribution >= 0.6 is 24.0 Å². The highest BCUT2D eigenvalue weighted by atomic mass is 35.5. The monoisotopic (exact) mass is 418 g/mol. The van der Waals surface area contributed by atoms with Crippen LogP contribution in [0.4, 0.5) is 0 Å². The summed E-state index contributed by atoms with van der Waals surface area (Å²) in [5.41, 5.74) is 0.634. The van der Waals surface area contributed by atoms with E-state index in [9.17, 15) is 4.79 Å². The van der Waals surface area contributed by atoms with Gasteiger partial charge in [-0.25, -0.2) is 0 Å². The van der Waals surface area contributed by atoms with Gasteiger partial charge in [0.1, 0.15) is 0 Å². The van der Waals surface area contributed by atoms with Gasteiger partial charge in [0.05, 0.1) is 19.2 Å². The van der Waals surface area contributed by atoms with Gasteiger partial charge in [-0.1, -0.05) is 16.8 Å². The molecule has 1 aromatic heterocycles. The highest BCUT2D eigenvalue weighted by Gasteiger charge is 2.16. The minimum atomic E-state index is -0.0685. The smallest absolute Gasteiger partial charge is 0.227 e. The number of hydrogen-bond donors (Lipinski definition) is 2. The molecule has 0 radical (unpaired) electrons. The predicted octanol–water partition coefficient (Wildman–Crippen LogP) is 2.49. The van der Waals surface area contributed by atoms with Crippen molar-refractivity contribution in [2.75, 3.05) is 27.8 Å². The highest BCUT2D eigenvalue weighted by Crippen LogP contribution is 2.38. The van der Waals surface area contributed by atoms with Crippen LogP contribution in [0.25, 0.3) is 11.4 Å². The summed E-state index contributed by atoms with van der Waals surface area (Å²) >= 11 is 6.20. The molecule has 1 heterocycles. The van der Waals surface area contributed by atoms with Crippen molar-refractivity contribution in [3.63, 3.8) is 0 Å². The fourth-order valence-corrected chi connectivity index (χ4v) is 2.49. The van der Waals surface area contributed by atoms with Gasteiger partial charge in [0.25, 0.3) is 0 Å². The minimum Gasteiger partial charge on any atom is -0.493 e. The van der Waals surface area contributed by atoms with Crippen molar-refractivity contribution in [1.29, 1.82) is 0 Å². The van der Waals surface area contributed by atoms with Crippen LogP contribution in [-0.4, -0.2) is 49.9 Å². The lowest BCUT2D eigenvalue weighted by Crippen LogP contribution is -2.37. The summed E-state index contributed by atoms with van der Waals surface area (Å²) in [5.74, 6) is 1.59. The van der Waals surface area contributed by atoms with Gasteiger partial charge in [-0.05, 0) is 26.1 Å². The first kappa shape index (κ1) is 23.0. The first-order valence-electron chi connectivity index (χ1n) is 8.17. The average Bonchev–Trinajstić information content (AvgIpc) is 3.12. The molecule has 0 aliphatic heterocycles. The Kier molecular flexibility index (Phi) is 9.34. The van der Waals surface area contributed by atoms with Crippen molar-refractivity contribution < 1.29 is 18.8 Å². The molecule has 2 rings (SSSR count). The van der Waals surface area contributed by atoms with E-state index in [4.69, 9.17) is 25.6 Å². The van der Waals surface area contributed by atoms with Gasteiger partial charge in [-0.2, -0.15) is 4.98 Å². The Hall–Kier alpha value is -2.03. The molecule has 27 heavy (non-hydrogen) atoms. The minimum absolute atomic E-state index is 0. The van der Waals surface area contributed by atoms with Gasteiger partial charge < -0.3 is 24.6 Å². The van der Waals surface area contributed by atoms with Crippen molar-refractivity contribution in [2.45, 2.75) is 25.8 Å². The highest BCUT2D eigenvalue weighted by molar-refractivity contribution is 6.32. The van der Waals surface area contributed by atoms with Crippen LogP contribution in [0.1, 0.15) is 19.2 Å². The molecular formula is C17H24Cl2N4O4. The molecule has 1 unspecified atom stereocenters. The van der Waals surface area contributed by atoms with Gasteiger partial charge in [0.15, 0.2) is 11.5 Å². The molecule has 0 fully saturated rings. The first-order chi connectivity index (χ1) is 12.5. The summed E-state index contributed by atoms with van der Waals surface area (Å²) in [5, 5.41) is 10.2. The summed E-state index contributed by atoms with van der Waals surface area (Å²) in [4.78, 5) is 16.1. The van der Waals surface area contributed by atoms with Crippen molar-refractivity contribution in [2.24, 2.45) is 0 Å². The molecule has 2 N–H and O–H groups in total. The Balaban J connectivity index is 0.00000364. The molecule has 0 spiro atoms. The lowest BCUT2D eigenvalue weighted by Gasteiger charge is -2.10.